The van der Waals surface area contributed by atoms with Crippen LogP contribution >= 0.6 is 11.3 Å². The number of fused-ring (bicyclic) bond motifs is 1. The zero-order valence-corrected chi connectivity index (χ0v) is 17.7. The largest absolute Gasteiger partial charge is 0.391 e. The van der Waals surface area contributed by atoms with Crippen molar-refractivity contribution in [2.24, 2.45) is 0 Å². The molecular formula is C22H23FN6OS. The molecule has 3 N–H and O–H groups in total. The first-order valence-electron chi connectivity index (χ1n) is 10.6. The molecule has 160 valence electrons. The van der Waals surface area contributed by atoms with Gasteiger partial charge in [-0.2, -0.15) is 0 Å². The van der Waals surface area contributed by atoms with Crippen molar-refractivity contribution in [3.8, 4) is 0 Å². The van der Waals surface area contributed by atoms with Crippen LogP contribution < -0.4 is 10.6 Å². The number of thiazole rings is 1. The molecule has 9 heteroatoms. The van der Waals surface area contributed by atoms with Crippen LogP contribution in [-0.4, -0.2) is 49.3 Å². The van der Waals surface area contributed by atoms with E-state index in [1.54, 1.807) is 12.4 Å². The number of hydrogen-bond donors (Lipinski definition) is 3. The van der Waals surface area contributed by atoms with Gasteiger partial charge >= 0.3 is 0 Å². The summed E-state index contributed by atoms with van der Waals surface area (Å²) in [5, 5.41) is 17.8. The molecule has 3 atom stereocenters. The number of aromatic nitrogens is 3. The summed E-state index contributed by atoms with van der Waals surface area (Å²) in [7, 11) is 0. The Bertz CT molecular complexity index is 1180. The summed E-state index contributed by atoms with van der Waals surface area (Å²) in [6.45, 7) is -0.280. The lowest BCUT2D eigenvalue weighted by Crippen LogP contribution is -2.73. The highest BCUT2D eigenvalue weighted by atomic mass is 32.1. The van der Waals surface area contributed by atoms with Gasteiger partial charge in [-0.25, -0.2) is 9.97 Å². The van der Waals surface area contributed by atoms with Gasteiger partial charge in [-0.15, -0.1) is 0 Å². The van der Waals surface area contributed by atoms with Crippen molar-refractivity contribution in [3.63, 3.8) is 0 Å². The number of rotatable bonds is 7. The van der Waals surface area contributed by atoms with Crippen molar-refractivity contribution in [3.05, 3.63) is 47.2 Å². The minimum Gasteiger partial charge on any atom is -0.391 e. The molecule has 0 spiro atoms. The minimum absolute atomic E-state index is 0.0134. The monoisotopic (exact) mass is 438 g/mol. The molecule has 0 amide bonds. The third-order valence-electron chi connectivity index (χ3n) is 6.60. The molecule has 0 radical (unpaired) electrons. The Morgan fingerprint density at radius 3 is 3.10 bits per heavy atom. The summed E-state index contributed by atoms with van der Waals surface area (Å²) in [5.41, 5.74) is 2.20. The lowest BCUT2D eigenvalue weighted by Gasteiger charge is -2.69. The third kappa shape index (κ3) is 3.06. The summed E-state index contributed by atoms with van der Waals surface area (Å²) in [4.78, 5) is 16.9. The zero-order valence-electron chi connectivity index (χ0n) is 16.9. The molecule has 7 nitrogen and oxygen atoms in total. The molecule has 2 fully saturated rings. The number of nitrogens with zero attached hydrogens (tertiary/aromatic N) is 4. The predicted molar refractivity (Wildman–Crippen MR) is 119 cm³/mol. The Labute approximate surface area is 183 Å². The predicted octanol–water partition coefficient (Wildman–Crippen LogP) is 3.97. The summed E-state index contributed by atoms with van der Waals surface area (Å²) in [6.07, 6.45) is 9.34. The Morgan fingerprint density at radius 2 is 2.29 bits per heavy atom. The van der Waals surface area contributed by atoms with E-state index in [2.05, 4.69) is 31.6 Å². The number of anilines is 3. The molecule has 0 bridgehead atoms. The second kappa shape index (κ2) is 7.13. The molecule has 0 aromatic carbocycles. The fourth-order valence-electron chi connectivity index (χ4n) is 5.38. The molecule has 31 heavy (non-hydrogen) atoms. The van der Waals surface area contributed by atoms with Gasteiger partial charge in [0.2, 0.25) is 0 Å². The summed E-state index contributed by atoms with van der Waals surface area (Å²) in [5.74, 6) is 1.47. The molecule has 3 aromatic rings. The lowest BCUT2D eigenvalue weighted by molar-refractivity contribution is -0.0767. The number of nitrogens with one attached hydrogen (secondary N) is 2. The van der Waals surface area contributed by atoms with E-state index < -0.39 is 0 Å². The minimum atomic E-state index is -0.254. The van der Waals surface area contributed by atoms with Gasteiger partial charge in [0.15, 0.2) is 5.13 Å². The van der Waals surface area contributed by atoms with Gasteiger partial charge in [0.25, 0.3) is 0 Å². The quantitative estimate of drug-likeness (QED) is 0.515. The van der Waals surface area contributed by atoms with Crippen molar-refractivity contribution in [2.75, 3.05) is 17.3 Å². The number of piperidine rings is 1. The maximum absolute atomic E-state index is 12.9. The van der Waals surface area contributed by atoms with Gasteiger partial charge < -0.3 is 20.6 Å². The van der Waals surface area contributed by atoms with Crippen LogP contribution in [0.4, 0.5) is 21.2 Å². The standard InChI is InChI=1S/C22H23FN6OS/c23-4-3-22-9-14-6-13(7-15(10-22)29(14)22)26-20-17-2-1-5-24-18(17)8-19(27-20)28-21-25-11-16(12-30)31-21/h1-2,5,8-9,11,13,15,30H,3-4,6-7,10,12H2,(H2,25,26,27,28). The maximum atomic E-state index is 12.9. The van der Waals surface area contributed by atoms with Crippen molar-refractivity contribution in [1.82, 2.24) is 19.9 Å². The van der Waals surface area contributed by atoms with E-state index >= 15 is 0 Å². The van der Waals surface area contributed by atoms with E-state index in [1.165, 1.54) is 17.0 Å². The Hall–Kier alpha value is -2.78. The van der Waals surface area contributed by atoms with Crippen LogP contribution in [0, 0.1) is 0 Å². The number of hydrogen-bond acceptors (Lipinski definition) is 8. The molecule has 6 rings (SSSR count). The topological polar surface area (TPSA) is 86.2 Å². The number of pyridine rings is 2. The number of aliphatic hydroxyl groups is 1. The Morgan fingerprint density at radius 1 is 1.35 bits per heavy atom. The smallest absolute Gasteiger partial charge is 0.188 e. The SMILES string of the molecule is OCc1cnc(Nc2cc3ncccc3c(NC3CC4=CC5(CCF)CC(C3)N45)n2)s1. The lowest BCUT2D eigenvalue weighted by atomic mass is 9.64. The Kier molecular flexibility index (Phi) is 4.36. The summed E-state index contributed by atoms with van der Waals surface area (Å²) >= 11 is 1.40. The summed E-state index contributed by atoms with van der Waals surface area (Å²) in [6, 6.07) is 6.64. The van der Waals surface area contributed by atoms with E-state index in [0.717, 1.165) is 40.9 Å². The van der Waals surface area contributed by atoms with Crippen LogP contribution in [0.2, 0.25) is 0 Å². The van der Waals surface area contributed by atoms with Crippen LogP contribution in [0.3, 0.4) is 0 Å². The molecule has 3 aliphatic heterocycles. The van der Waals surface area contributed by atoms with Gasteiger partial charge in [0, 0.05) is 54.5 Å². The van der Waals surface area contributed by atoms with Crippen LogP contribution in [-0.2, 0) is 6.61 Å². The molecule has 2 saturated heterocycles. The van der Waals surface area contributed by atoms with Gasteiger partial charge in [-0.1, -0.05) is 11.3 Å². The van der Waals surface area contributed by atoms with Gasteiger partial charge in [0.05, 0.1) is 29.2 Å². The van der Waals surface area contributed by atoms with Crippen molar-refractivity contribution >= 4 is 39.0 Å². The highest BCUT2D eigenvalue weighted by Crippen LogP contribution is 2.56. The number of aliphatic hydroxyl groups excluding tert-OH is 1. The normalized spacial score (nSPS) is 26.0. The van der Waals surface area contributed by atoms with E-state index in [-0.39, 0.29) is 24.9 Å². The fraction of sp³-hybridized carbons (Fsp3) is 0.409. The van der Waals surface area contributed by atoms with Gasteiger partial charge in [0.1, 0.15) is 11.6 Å². The first-order valence-corrected chi connectivity index (χ1v) is 11.4. The zero-order chi connectivity index (χ0) is 21.0. The number of alkyl halides is 1. The van der Waals surface area contributed by atoms with Crippen LogP contribution in [0.25, 0.3) is 10.9 Å². The maximum Gasteiger partial charge on any atom is 0.188 e. The molecular weight excluding hydrogens is 415 g/mol. The molecule has 0 aliphatic carbocycles. The highest BCUT2D eigenvalue weighted by molar-refractivity contribution is 7.15. The third-order valence-corrected chi connectivity index (χ3v) is 7.50. The van der Waals surface area contributed by atoms with E-state index in [4.69, 9.17) is 4.98 Å². The van der Waals surface area contributed by atoms with Crippen LogP contribution in [0.1, 0.15) is 30.6 Å². The Balaban J connectivity index is 1.26. The molecule has 0 saturated carbocycles. The first-order chi connectivity index (χ1) is 15.2. The van der Waals surface area contributed by atoms with Crippen LogP contribution in [0.5, 0.6) is 0 Å². The van der Waals surface area contributed by atoms with E-state index in [0.29, 0.717) is 23.4 Å². The second-order valence-corrected chi connectivity index (χ2v) is 9.64. The first kappa shape index (κ1) is 18.9. The van der Waals surface area contributed by atoms with E-state index in [9.17, 15) is 9.50 Å². The molecule has 3 aromatic heterocycles. The highest BCUT2D eigenvalue weighted by Gasteiger charge is 2.59. The van der Waals surface area contributed by atoms with Crippen molar-refractivity contribution < 1.29 is 9.50 Å². The van der Waals surface area contributed by atoms with Crippen molar-refractivity contribution in [2.45, 2.75) is 49.9 Å². The second-order valence-electron chi connectivity index (χ2n) is 8.53. The molecule has 3 aliphatic rings. The average Bonchev–Trinajstić information content (AvgIpc) is 3.19. The van der Waals surface area contributed by atoms with E-state index in [1.807, 2.05) is 18.2 Å². The van der Waals surface area contributed by atoms with Gasteiger partial charge in [-0.3, -0.25) is 9.37 Å². The average molecular weight is 439 g/mol. The molecule has 3 unspecified atom stereocenters. The number of halogens is 1. The fourth-order valence-corrected chi connectivity index (χ4v) is 6.06. The molecule has 6 heterocycles. The van der Waals surface area contributed by atoms with Crippen LogP contribution in [0.15, 0.2) is 42.4 Å². The summed E-state index contributed by atoms with van der Waals surface area (Å²) < 4.78 is 12.9. The van der Waals surface area contributed by atoms with Crippen molar-refractivity contribution in [1.29, 1.82) is 0 Å². The van der Waals surface area contributed by atoms with Gasteiger partial charge in [-0.05, 0) is 31.1 Å².